The SMILES string of the molecule is C[Si](C)(C)C#Cc1ncc(-c2ccc(Cl)cc2)cc1N. The minimum absolute atomic E-state index is 0.614. The largest absolute Gasteiger partial charge is 0.396 e. The summed E-state index contributed by atoms with van der Waals surface area (Å²) in [5.74, 6) is 3.10. The van der Waals surface area contributed by atoms with Gasteiger partial charge in [-0.1, -0.05) is 49.3 Å². The highest BCUT2D eigenvalue weighted by Gasteiger charge is 2.08. The molecule has 0 amide bonds. The Morgan fingerprint density at radius 1 is 1.10 bits per heavy atom. The molecule has 102 valence electrons. The summed E-state index contributed by atoms with van der Waals surface area (Å²) >= 11 is 5.88. The van der Waals surface area contributed by atoms with Crippen LogP contribution in [0.25, 0.3) is 11.1 Å². The molecule has 20 heavy (non-hydrogen) atoms. The topological polar surface area (TPSA) is 38.9 Å². The van der Waals surface area contributed by atoms with E-state index in [0.717, 1.165) is 11.1 Å². The number of anilines is 1. The van der Waals surface area contributed by atoms with Crippen LogP contribution in [0.5, 0.6) is 0 Å². The second kappa shape index (κ2) is 5.70. The fourth-order valence-corrected chi connectivity index (χ4v) is 2.25. The number of hydrogen-bond acceptors (Lipinski definition) is 2. The van der Waals surface area contributed by atoms with Crippen molar-refractivity contribution in [3.8, 4) is 22.6 Å². The van der Waals surface area contributed by atoms with Crippen LogP contribution in [0.4, 0.5) is 5.69 Å². The molecule has 0 spiro atoms. The summed E-state index contributed by atoms with van der Waals surface area (Å²) in [6.45, 7) is 6.58. The molecule has 0 bridgehead atoms. The van der Waals surface area contributed by atoms with E-state index in [9.17, 15) is 0 Å². The van der Waals surface area contributed by atoms with Crippen molar-refractivity contribution >= 4 is 25.4 Å². The third kappa shape index (κ3) is 3.86. The molecular formula is C16H17ClN2Si. The molecule has 2 aromatic rings. The minimum Gasteiger partial charge on any atom is -0.396 e. The number of nitrogens with two attached hydrogens (primary N) is 1. The summed E-state index contributed by atoms with van der Waals surface area (Å²) < 4.78 is 0. The van der Waals surface area contributed by atoms with Crippen LogP contribution in [0.1, 0.15) is 5.69 Å². The van der Waals surface area contributed by atoms with Gasteiger partial charge in [0, 0.05) is 16.8 Å². The van der Waals surface area contributed by atoms with Crippen molar-refractivity contribution < 1.29 is 0 Å². The molecule has 0 aliphatic rings. The molecule has 1 heterocycles. The van der Waals surface area contributed by atoms with Crippen molar-refractivity contribution in [3.05, 3.63) is 47.2 Å². The normalized spacial score (nSPS) is 10.8. The lowest BCUT2D eigenvalue weighted by Gasteiger charge is -2.06. The van der Waals surface area contributed by atoms with Gasteiger partial charge < -0.3 is 5.73 Å². The Labute approximate surface area is 126 Å². The molecule has 4 heteroatoms. The third-order valence-electron chi connectivity index (χ3n) is 2.65. The first kappa shape index (κ1) is 14.6. The molecule has 2 nitrogen and oxygen atoms in total. The standard InChI is InChI=1S/C16H17ClN2Si/c1-20(2,3)9-8-16-15(18)10-13(11-19-16)12-4-6-14(17)7-5-12/h4-7,10-11H,18H2,1-3H3. The number of nitrogens with zero attached hydrogens (tertiary/aromatic N) is 1. The van der Waals surface area contributed by atoms with Crippen molar-refractivity contribution in [1.82, 2.24) is 4.98 Å². The Bertz CT molecular complexity index is 676. The lowest BCUT2D eigenvalue weighted by Crippen LogP contribution is -2.16. The van der Waals surface area contributed by atoms with Crippen molar-refractivity contribution in [3.63, 3.8) is 0 Å². The fourth-order valence-electron chi connectivity index (χ4n) is 1.63. The molecule has 2 N–H and O–H groups in total. The summed E-state index contributed by atoms with van der Waals surface area (Å²) in [6, 6.07) is 9.51. The highest BCUT2D eigenvalue weighted by atomic mass is 35.5. The number of aromatic nitrogens is 1. The van der Waals surface area contributed by atoms with Crippen LogP contribution in [-0.4, -0.2) is 13.1 Å². The number of rotatable bonds is 1. The third-order valence-corrected chi connectivity index (χ3v) is 3.78. The van der Waals surface area contributed by atoms with Crippen molar-refractivity contribution in [2.75, 3.05) is 5.73 Å². The average molecular weight is 301 g/mol. The van der Waals surface area contributed by atoms with Gasteiger partial charge >= 0.3 is 0 Å². The van der Waals surface area contributed by atoms with Gasteiger partial charge in [0.15, 0.2) is 0 Å². The van der Waals surface area contributed by atoms with Gasteiger partial charge in [0.2, 0.25) is 0 Å². The lowest BCUT2D eigenvalue weighted by molar-refractivity contribution is 1.29. The first-order chi connectivity index (χ1) is 9.35. The van der Waals surface area contributed by atoms with Gasteiger partial charge in [0.25, 0.3) is 0 Å². The van der Waals surface area contributed by atoms with E-state index in [4.69, 9.17) is 17.3 Å². The maximum Gasteiger partial charge on any atom is 0.135 e. The predicted octanol–water partition coefficient (Wildman–Crippen LogP) is 4.21. The maximum atomic E-state index is 6.04. The summed E-state index contributed by atoms with van der Waals surface area (Å²) in [5.41, 5.74) is 12.6. The van der Waals surface area contributed by atoms with E-state index in [1.807, 2.05) is 30.3 Å². The van der Waals surface area contributed by atoms with Gasteiger partial charge in [-0.05, 0) is 23.8 Å². The van der Waals surface area contributed by atoms with E-state index in [0.29, 0.717) is 16.4 Å². The molecule has 0 aliphatic carbocycles. The molecule has 1 aromatic carbocycles. The molecule has 0 atom stereocenters. The van der Waals surface area contributed by atoms with Gasteiger partial charge in [-0.3, -0.25) is 0 Å². The highest BCUT2D eigenvalue weighted by molar-refractivity contribution is 6.83. The quantitative estimate of drug-likeness (QED) is 0.633. The van der Waals surface area contributed by atoms with Gasteiger partial charge in [-0.25, -0.2) is 4.98 Å². The van der Waals surface area contributed by atoms with Gasteiger partial charge in [0.1, 0.15) is 13.8 Å². The second-order valence-corrected chi connectivity index (χ2v) is 10.9. The van der Waals surface area contributed by atoms with E-state index < -0.39 is 8.07 Å². The molecule has 0 unspecified atom stereocenters. The Balaban J connectivity index is 2.34. The zero-order chi connectivity index (χ0) is 14.8. The van der Waals surface area contributed by atoms with Crippen molar-refractivity contribution in [2.45, 2.75) is 19.6 Å². The summed E-state index contributed by atoms with van der Waals surface area (Å²) in [7, 11) is -1.42. The highest BCUT2D eigenvalue weighted by Crippen LogP contribution is 2.23. The van der Waals surface area contributed by atoms with Crippen LogP contribution >= 0.6 is 11.6 Å². The molecule has 0 fully saturated rings. The monoisotopic (exact) mass is 300 g/mol. The number of hydrogen-bond donors (Lipinski definition) is 1. The number of nitrogen functional groups attached to an aromatic ring is 1. The second-order valence-electron chi connectivity index (χ2n) is 5.67. The molecule has 0 aliphatic heterocycles. The number of benzene rings is 1. The maximum absolute atomic E-state index is 6.04. The number of halogens is 1. The average Bonchev–Trinajstić information content (AvgIpc) is 2.37. The fraction of sp³-hybridized carbons (Fsp3) is 0.188. The Morgan fingerprint density at radius 2 is 1.75 bits per heavy atom. The van der Waals surface area contributed by atoms with Crippen LogP contribution in [0.2, 0.25) is 24.7 Å². The van der Waals surface area contributed by atoms with Crippen molar-refractivity contribution in [1.29, 1.82) is 0 Å². The zero-order valence-corrected chi connectivity index (χ0v) is 13.6. The smallest absolute Gasteiger partial charge is 0.135 e. The van der Waals surface area contributed by atoms with Crippen LogP contribution < -0.4 is 5.73 Å². The number of pyridine rings is 1. The summed E-state index contributed by atoms with van der Waals surface area (Å²) in [6.07, 6.45) is 1.80. The van der Waals surface area contributed by atoms with Crippen LogP contribution in [0.3, 0.4) is 0 Å². The molecular weight excluding hydrogens is 284 g/mol. The summed E-state index contributed by atoms with van der Waals surface area (Å²) in [5, 5.41) is 0.715. The van der Waals surface area contributed by atoms with E-state index in [2.05, 4.69) is 36.1 Å². The minimum atomic E-state index is -1.42. The Kier molecular flexibility index (Phi) is 4.17. The molecule has 2 rings (SSSR count). The Hall–Kier alpha value is -1.76. The van der Waals surface area contributed by atoms with Gasteiger partial charge in [-0.15, -0.1) is 5.54 Å². The first-order valence-electron chi connectivity index (χ1n) is 6.40. The zero-order valence-electron chi connectivity index (χ0n) is 11.9. The van der Waals surface area contributed by atoms with E-state index in [-0.39, 0.29) is 0 Å². The van der Waals surface area contributed by atoms with Crippen LogP contribution in [0, 0.1) is 11.5 Å². The molecule has 0 saturated heterocycles. The van der Waals surface area contributed by atoms with Gasteiger partial charge in [0.05, 0.1) is 5.69 Å². The van der Waals surface area contributed by atoms with Crippen LogP contribution in [-0.2, 0) is 0 Å². The van der Waals surface area contributed by atoms with Crippen molar-refractivity contribution in [2.24, 2.45) is 0 Å². The van der Waals surface area contributed by atoms with Gasteiger partial charge in [-0.2, -0.15) is 0 Å². The molecule has 0 saturated carbocycles. The summed E-state index contributed by atoms with van der Waals surface area (Å²) in [4.78, 5) is 4.37. The Morgan fingerprint density at radius 3 is 2.30 bits per heavy atom. The molecule has 0 radical (unpaired) electrons. The first-order valence-corrected chi connectivity index (χ1v) is 10.3. The van der Waals surface area contributed by atoms with E-state index >= 15 is 0 Å². The van der Waals surface area contributed by atoms with E-state index in [1.54, 1.807) is 6.20 Å². The predicted molar refractivity (Wildman–Crippen MR) is 89.3 cm³/mol. The molecule has 1 aromatic heterocycles. The van der Waals surface area contributed by atoms with Crippen LogP contribution in [0.15, 0.2) is 36.5 Å². The lowest BCUT2D eigenvalue weighted by atomic mass is 10.1. The van der Waals surface area contributed by atoms with E-state index in [1.165, 1.54) is 0 Å².